The van der Waals surface area contributed by atoms with Gasteiger partial charge in [0.2, 0.25) is 0 Å². The lowest BCUT2D eigenvalue weighted by molar-refractivity contribution is 0.970. The zero-order valence-corrected chi connectivity index (χ0v) is 12.1. The van der Waals surface area contributed by atoms with Crippen LogP contribution in [0.2, 0.25) is 0 Å². The largest absolute Gasteiger partial charge is 0.125 e. The molecular formula is C16H16S2. The molecule has 0 saturated heterocycles. The Hall–Kier alpha value is -0.860. The Labute approximate surface area is 117 Å². The minimum absolute atomic E-state index is 0.730. The quantitative estimate of drug-likeness (QED) is 0.736. The third kappa shape index (κ3) is 2.76. The predicted octanol–water partition coefficient (Wildman–Crippen LogP) is 4.80. The van der Waals surface area contributed by atoms with Crippen molar-refractivity contribution in [3.63, 3.8) is 0 Å². The molecule has 1 unspecified atom stereocenters. The molecule has 1 atom stereocenters. The molecule has 0 aromatic heterocycles. The summed E-state index contributed by atoms with van der Waals surface area (Å²) in [5.74, 6) is 1.20. The van der Waals surface area contributed by atoms with E-state index in [1.165, 1.54) is 33.1 Å². The lowest BCUT2D eigenvalue weighted by Crippen LogP contribution is -2.03. The van der Waals surface area contributed by atoms with Crippen molar-refractivity contribution in [1.82, 2.24) is 0 Å². The first-order valence-corrected chi connectivity index (χ1v) is 8.12. The van der Waals surface area contributed by atoms with Gasteiger partial charge in [-0.1, -0.05) is 35.9 Å². The van der Waals surface area contributed by atoms with Gasteiger partial charge >= 0.3 is 0 Å². The van der Waals surface area contributed by atoms with E-state index >= 15 is 0 Å². The molecule has 0 fully saturated rings. The summed E-state index contributed by atoms with van der Waals surface area (Å²) >= 11 is 4.01. The summed E-state index contributed by atoms with van der Waals surface area (Å²) < 4.78 is 0. The molecule has 1 heterocycles. The summed E-state index contributed by atoms with van der Waals surface area (Å²) in [6.07, 6.45) is 1.22. The van der Waals surface area contributed by atoms with E-state index < -0.39 is 0 Å². The van der Waals surface area contributed by atoms with E-state index in [1.807, 2.05) is 23.5 Å². The summed E-state index contributed by atoms with van der Waals surface area (Å²) in [6.45, 7) is 2.14. The summed E-state index contributed by atoms with van der Waals surface area (Å²) in [5.41, 5.74) is 2.86. The van der Waals surface area contributed by atoms with Crippen LogP contribution in [-0.4, -0.2) is 11.0 Å². The number of aryl methyl sites for hydroxylation is 1. The Morgan fingerprint density at radius 3 is 2.67 bits per heavy atom. The Morgan fingerprint density at radius 2 is 1.89 bits per heavy atom. The average Bonchev–Trinajstić information content (AvgIpc) is 2.81. The monoisotopic (exact) mass is 272 g/mol. The lowest BCUT2D eigenvalue weighted by Gasteiger charge is -2.07. The highest BCUT2D eigenvalue weighted by Gasteiger charge is 2.21. The fourth-order valence-electron chi connectivity index (χ4n) is 2.17. The van der Waals surface area contributed by atoms with Gasteiger partial charge < -0.3 is 0 Å². The van der Waals surface area contributed by atoms with Gasteiger partial charge in [0, 0.05) is 20.8 Å². The maximum Gasteiger partial charge on any atom is 0.0229 e. The average molecular weight is 272 g/mol. The zero-order valence-electron chi connectivity index (χ0n) is 10.4. The van der Waals surface area contributed by atoms with Crippen molar-refractivity contribution in [2.75, 3.05) is 5.75 Å². The molecule has 1 aliphatic heterocycles. The molecular weight excluding hydrogens is 256 g/mol. The Bertz CT molecular complexity index is 506. The number of benzene rings is 2. The third-order valence-corrected chi connectivity index (χ3v) is 5.88. The van der Waals surface area contributed by atoms with Crippen LogP contribution in [0, 0.1) is 6.92 Å². The minimum atomic E-state index is 0.730. The molecule has 0 bridgehead atoms. The number of rotatable bonds is 3. The second-order valence-electron chi connectivity index (χ2n) is 4.68. The normalized spacial score (nSPS) is 17.7. The van der Waals surface area contributed by atoms with E-state index in [4.69, 9.17) is 0 Å². The van der Waals surface area contributed by atoms with Gasteiger partial charge in [0.15, 0.2) is 0 Å². The molecule has 92 valence electrons. The molecule has 0 aliphatic carbocycles. The molecule has 0 spiro atoms. The van der Waals surface area contributed by atoms with Gasteiger partial charge in [-0.3, -0.25) is 0 Å². The summed E-state index contributed by atoms with van der Waals surface area (Å²) in [6, 6.07) is 17.6. The first kappa shape index (κ1) is 12.2. The lowest BCUT2D eigenvalue weighted by atomic mass is 10.1. The van der Waals surface area contributed by atoms with E-state index in [1.54, 1.807) is 0 Å². The molecule has 0 N–H and O–H groups in total. The Kier molecular flexibility index (Phi) is 3.67. The number of hydrogen-bond donors (Lipinski definition) is 0. The van der Waals surface area contributed by atoms with Crippen molar-refractivity contribution >= 4 is 23.5 Å². The van der Waals surface area contributed by atoms with Crippen LogP contribution in [0.5, 0.6) is 0 Å². The highest BCUT2D eigenvalue weighted by molar-refractivity contribution is 8.03. The maximum atomic E-state index is 2.26. The van der Waals surface area contributed by atoms with E-state index in [-0.39, 0.29) is 0 Å². The van der Waals surface area contributed by atoms with E-state index in [0.29, 0.717) is 0 Å². The van der Waals surface area contributed by atoms with Crippen LogP contribution >= 0.6 is 23.5 Å². The fraction of sp³-hybridized carbons (Fsp3) is 0.250. The number of thioether (sulfide) groups is 2. The first-order chi connectivity index (χ1) is 8.81. The minimum Gasteiger partial charge on any atom is -0.125 e. The second-order valence-corrected chi connectivity index (χ2v) is 7.11. The van der Waals surface area contributed by atoms with Crippen LogP contribution in [0.25, 0.3) is 0 Å². The summed E-state index contributed by atoms with van der Waals surface area (Å²) in [7, 11) is 0. The van der Waals surface area contributed by atoms with Crippen LogP contribution in [-0.2, 0) is 6.42 Å². The topological polar surface area (TPSA) is 0 Å². The molecule has 0 saturated carbocycles. The molecule has 1 aliphatic rings. The summed E-state index contributed by atoms with van der Waals surface area (Å²) in [5, 5.41) is 0.730. The van der Waals surface area contributed by atoms with Gasteiger partial charge in [-0.25, -0.2) is 0 Å². The first-order valence-electron chi connectivity index (χ1n) is 6.25. The molecule has 2 aromatic carbocycles. The van der Waals surface area contributed by atoms with Crippen LogP contribution in [0.1, 0.15) is 11.1 Å². The van der Waals surface area contributed by atoms with Crippen LogP contribution in [0.4, 0.5) is 0 Å². The van der Waals surface area contributed by atoms with Crippen molar-refractivity contribution in [1.29, 1.82) is 0 Å². The highest BCUT2D eigenvalue weighted by atomic mass is 32.2. The van der Waals surface area contributed by atoms with Crippen LogP contribution in [0.3, 0.4) is 0 Å². The third-order valence-electron chi connectivity index (χ3n) is 3.17. The number of fused-ring (bicyclic) bond motifs is 1. The van der Waals surface area contributed by atoms with Gasteiger partial charge in [0.25, 0.3) is 0 Å². The SMILES string of the molecule is Cc1ccc(SCC2Cc3ccccc3S2)cc1. The van der Waals surface area contributed by atoms with E-state index in [0.717, 1.165) is 5.25 Å². The van der Waals surface area contributed by atoms with Crippen molar-refractivity contribution in [3.8, 4) is 0 Å². The van der Waals surface area contributed by atoms with Gasteiger partial charge in [-0.15, -0.1) is 23.5 Å². The molecule has 2 aromatic rings. The molecule has 0 radical (unpaired) electrons. The van der Waals surface area contributed by atoms with E-state index in [9.17, 15) is 0 Å². The van der Waals surface area contributed by atoms with Gasteiger partial charge in [0.05, 0.1) is 0 Å². The fourth-order valence-corrected chi connectivity index (χ4v) is 4.55. The second kappa shape index (κ2) is 5.41. The highest BCUT2D eigenvalue weighted by Crippen LogP contribution is 2.39. The zero-order chi connectivity index (χ0) is 12.4. The van der Waals surface area contributed by atoms with Crippen molar-refractivity contribution < 1.29 is 0 Å². The van der Waals surface area contributed by atoms with Crippen molar-refractivity contribution in [2.24, 2.45) is 0 Å². The smallest absolute Gasteiger partial charge is 0.0229 e. The molecule has 2 heteroatoms. The van der Waals surface area contributed by atoms with Gasteiger partial charge in [-0.2, -0.15) is 0 Å². The Morgan fingerprint density at radius 1 is 1.11 bits per heavy atom. The van der Waals surface area contributed by atoms with Gasteiger partial charge in [0.1, 0.15) is 0 Å². The standard InChI is InChI=1S/C16H16S2/c1-12-6-8-14(9-7-12)17-11-15-10-13-4-2-3-5-16(13)18-15/h2-9,15H,10-11H2,1H3. The van der Waals surface area contributed by atoms with Crippen LogP contribution in [0.15, 0.2) is 58.3 Å². The van der Waals surface area contributed by atoms with Crippen molar-refractivity contribution in [2.45, 2.75) is 28.4 Å². The molecule has 0 nitrogen and oxygen atoms in total. The molecule has 18 heavy (non-hydrogen) atoms. The predicted molar refractivity (Wildman–Crippen MR) is 81.7 cm³/mol. The van der Waals surface area contributed by atoms with E-state index in [2.05, 4.69) is 55.5 Å². The molecule has 0 amide bonds. The number of hydrogen-bond acceptors (Lipinski definition) is 2. The molecule has 3 rings (SSSR count). The van der Waals surface area contributed by atoms with Crippen molar-refractivity contribution in [3.05, 3.63) is 59.7 Å². The Balaban J connectivity index is 1.58. The van der Waals surface area contributed by atoms with Gasteiger partial charge in [-0.05, 0) is 37.1 Å². The maximum absolute atomic E-state index is 2.26. The van der Waals surface area contributed by atoms with Crippen LogP contribution < -0.4 is 0 Å². The summed E-state index contributed by atoms with van der Waals surface area (Å²) in [4.78, 5) is 2.86.